The first-order valence-electron chi connectivity index (χ1n) is 6.33. The van der Waals surface area contributed by atoms with Crippen LogP contribution in [0.3, 0.4) is 0 Å². The van der Waals surface area contributed by atoms with Gasteiger partial charge in [-0.1, -0.05) is 0 Å². The van der Waals surface area contributed by atoms with Crippen LogP contribution >= 0.6 is 11.3 Å². The molecule has 0 aliphatic heterocycles. The number of rotatable bonds is 3. The van der Waals surface area contributed by atoms with E-state index in [1.807, 2.05) is 0 Å². The third-order valence-corrected chi connectivity index (χ3v) is 4.26. The molecule has 2 rings (SSSR count). The van der Waals surface area contributed by atoms with Crippen LogP contribution in [0.4, 0.5) is 5.00 Å². The second-order valence-electron chi connectivity index (χ2n) is 4.46. The number of hydrogen-bond acceptors (Lipinski definition) is 5. The highest BCUT2D eigenvalue weighted by molar-refractivity contribution is 7.17. The number of aliphatic hydroxyl groups excluding tert-OH is 1. The first-order valence-corrected chi connectivity index (χ1v) is 7.14. The third-order valence-electron chi connectivity index (χ3n) is 3.01. The van der Waals surface area contributed by atoms with E-state index in [2.05, 4.69) is 5.32 Å². The maximum absolute atomic E-state index is 12.0. The van der Waals surface area contributed by atoms with E-state index in [0.29, 0.717) is 17.0 Å². The van der Waals surface area contributed by atoms with Crippen LogP contribution < -0.4 is 5.32 Å². The van der Waals surface area contributed by atoms with E-state index in [-0.39, 0.29) is 12.5 Å². The maximum Gasteiger partial charge on any atom is 0.341 e. The van der Waals surface area contributed by atoms with Gasteiger partial charge in [-0.15, -0.1) is 11.3 Å². The molecule has 1 aromatic heterocycles. The molecule has 1 aliphatic rings. The molecule has 0 radical (unpaired) electrons. The smallest absolute Gasteiger partial charge is 0.341 e. The molecule has 0 aromatic carbocycles. The number of amides is 1. The number of hydrogen-bond donors (Lipinski definition) is 2. The third kappa shape index (κ3) is 2.79. The minimum Gasteiger partial charge on any atom is -0.462 e. The Balaban J connectivity index is 2.47. The molecular weight excluding hydrogens is 266 g/mol. The highest BCUT2D eigenvalue weighted by Gasteiger charge is 2.30. The van der Waals surface area contributed by atoms with Gasteiger partial charge in [-0.3, -0.25) is 4.79 Å². The molecule has 1 atom stereocenters. The van der Waals surface area contributed by atoms with Crippen molar-refractivity contribution in [2.24, 2.45) is 0 Å². The Morgan fingerprint density at radius 3 is 2.89 bits per heavy atom. The molecule has 19 heavy (non-hydrogen) atoms. The average Bonchev–Trinajstić information content (AvgIpc) is 2.68. The Morgan fingerprint density at radius 1 is 1.53 bits per heavy atom. The van der Waals surface area contributed by atoms with Crippen molar-refractivity contribution >= 4 is 28.2 Å². The van der Waals surface area contributed by atoms with Gasteiger partial charge in [0.2, 0.25) is 5.91 Å². The molecule has 1 aromatic rings. The number of esters is 1. The lowest BCUT2D eigenvalue weighted by atomic mass is 9.93. The zero-order valence-corrected chi connectivity index (χ0v) is 11.8. The minimum atomic E-state index is -0.551. The Morgan fingerprint density at radius 2 is 2.26 bits per heavy atom. The average molecular weight is 283 g/mol. The zero-order valence-electron chi connectivity index (χ0n) is 11.0. The number of fused-ring (bicyclic) bond motifs is 1. The lowest BCUT2D eigenvalue weighted by molar-refractivity contribution is -0.114. The number of thiophene rings is 1. The molecule has 0 saturated heterocycles. The van der Waals surface area contributed by atoms with E-state index in [9.17, 15) is 14.7 Å². The van der Waals surface area contributed by atoms with Gasteiger partial charge in [0.1, 0.15) is 5.00 Å². The predicted molar refractivity (Wildman–Crippen MR) is 72.5 cm³/mol. The van der Waals surface area contributed by atoms with Crippen molar-refractivity contribution in [2.45, 2.75) is 39.2 Å². The summed E-state index contributed by atoms with van der Waals surface area (Å²) < 4.78 is 5.04. The summed E-state index contributed by atoms with van der Waals surface area (Å²) in [7, 11) is 0. The summed E-state index contributed by atoms with van der Waals surface area (Å²) in [6, 6.07) is 0. The number of aliphatic hydroxyl groups is 1. The summed E-state index contributed by atoms with van der Waals surface area (Å²) >= 11 is 1.27. The fraction of sp³-hybridized carbons (Fsp3) is 0.538. The lowest BCUT2D eigenvalue weighted by Crippen LogP contribution is -2.14. The summed E-state index contributed by atoms with van der Waals surface area (Å²) in [6.07, 6.45) is 1.70. The van der Waals surface area contributed by atoms with Crippen LogP contribution in [0.2, 0.25) is 0 Å². The van der Waals surface area contributed by atoms with Crippen molar-refractivity contribution in [3.63, 3.8) is 0 Å². The van der Waals surface area contributed by atoms with E-state index in [1.165, 1.54) is 18.3 Å². The minimum absolute atomic E-state index is 0.237. The van der Waals surface area contributed by atoms with Crippen molar-refractivity contribution < 1.29 is 19.4 Å². The van der Waals surface area contributed by atoms with E-state index in [1.54, 1.807) is 6.92 Å². The summed E-state index contributed by atoms with van der Waals surface area (Å²) in [5.74, 6) is -0.670. The maximum atomic E-state index is 12.0. The molecule has 0 fully saturated rings. The predicted octanol–water partition coefficient (Wildman–Crippen LogP) is 2.25. The van der Waals surface area contributed by atoms with E-state index in [4.69, 9.17) is 4.74 Å². The molecule has 2 N–H and O–H groups in total. The van der Waals surface area contributed by atoms with Crippen molar-refractivity contribution in [3.8, 4) is 0 Å². The van der Waals surface area contributed by atoms with Gasteiger partial charge in [0.25, 0.3) is 0 Å². The molecule has 5 nitrogen and oxygen atoms in total. The van der Waals surface area contributed by atoms with Crippen molar-refractivity contribution in [1.29, 1.82) is 0 Å². The first kappa shape index (κ1) is 14.0. The van der Waals surface area contributed by atoms with Gasteiger partial charge in [-0.2, -0.15) is 0 Å². The van der Waals surface area contributed by atoms with E-state index >= 15 is 0 Å². The quantitative estimate of drug-likeness (QED) is 0.834. The topological polar surface area (TPSA) is 75.6 Å². The fourth-order valence-electron chi connectivity index (χ4n) is 2.27. The summed E-state index contributed by atoms with van der Waals surface area (Å²) in [4.78, 5) is 24.0. The van der Waals surface area contributed by atoms with Gasteiger partial charge < -0.3 is 15.2 Å². The summed E-state index contributed by atoms with van der Waals surface area (Å²) in [5.41, 5.74) is 1.24. The molecule has 0 unspecified atom stereocenters. The summed E-state index contributed by atoms with van der Waals surface area (Å²) in [5, 5.41) is 13.1. The zero-order chi connectivity index (χ0) is 14.0. The Kier molecular flexibility index (Phi) is 4.21. The SMILES string of the molecule is CCOC(=O)c1c(NC(C)=O)sc2c1CCC[C@H]2O. The number of ether oxygens (including phenoxy) is 1. The molecule has 0 saturated carbocycles. The van der Waals surface area contributed by atoms with Crippen molar-refractivity contribution in [3.05, 3.63) is 16.0 Å². The second kappa shape index (κ2) is 5.71. The fourth-order valence-corrected chi connectivity index (χ4v) is 3.57. The standard InChI is InChI=1S/C13H17NO4S/c1-3-18-13(17)10-8-5-4-6-9(16)11(8)19-12(10)14-7(2)15/h9,16H,3-6H2,1-2H3,(H,14,15)/t9-/m1/s1. The van der Waals surface area contributed by atoms with Crippen LogP contribution in [0.1, 0.15) is 53.6 Å². The second-order valence-corrected chi connectivity index (χ2v) is 5.51. The Labute approximate surface area is 115 Å². The normalized spacial score (nSPS) is 17.7. The van der Waals surface area contributed by atoms with Gasteiger partial charge in [0.05, 0.1) is 18.3 Å². The molecule has 6 heteroatoms. The number of nitrogens with one attached hydrogen (secondary N) is 1. The van der Waals surface area contributed by atoms with Crippen LogP contribution in [-0.4, -0.2) is 23.6 Å². The monoisotopic (exact) mass is 283 g/mol. The Hall–Kier alpha value is -1.40. The van der Waals surface area contributed by atoms with Crippen molar-refractivity contribution in [1.82, 2.24) is 0 Å². The molecular formula is C13H17NO4S. The highest BCUT2D eigenvalue weighted by Crippen LogP contribution is 2.42. The molecule has 104 valence electrons. The number of anilines is 1. The van der Waals surface area contributed by atoms with E-state index in [0.717, 1.165) is 23.3 Å². The first-order chi connectivity index (χ1) is 9.04. The number of carbonyl (C=O) groups is 2. The van der Waals surface area contributed by atoms with Crippen LogP contribution in [0, 0.1) is 0 Å². The Bertz CT molecular complexity index is 509. The van der Waals surface area contributed by atoms with Crippen LogP contribution in [0.15, 0.2) is 0 Å². The van der Waals surface area contributed by atoms with Gasteiger partial charge in [0, 0.05) is 11.8 Å². The van der Waals surface area contributed by atoms with Gasteiger partial charge in [0.15, 0.2) is 0 Å². The van der Waals surface area contributed by atoms with Gasteiger partial charge >= 0.3 is 5.97 Å². The molecule has 1 heterocycles. The summed E-state index contributed by atoms with van der Waals surface area (Å²) in [6.45, 7) is 3.42. The molecule has 0 spiro atoms. The largest absolute Gasteiger partial charge is 0.462 e. The van der Waals surface area contributed by atoms with Crippen LogP contribution in [0.5, 0.6) is 0 Å². The highest BCUT2D eigenvalue weighted by atomic mass is 32.1. The van der Waals surface area contributed by atoms with Crippen LogP contribution in [0.25, 0.3) is 0 Å². The lowest BCUT2D eigenvalue weighted by Gasteiger charge is -2.17. The van der Waals surface area contributed by atoms with Gasteiger partial charge in [-0.05, 0) is 31.7 Å². The molecule has 0 bridgehead atoms. The van der Waals surface area contributed by atoms with Crippen molar-refractivity contribution in [2.75, 3.05) is 11.9 Å². The molecule has 1 aliphatic carbocycles. The molecule has 1 amide bonds. The van der Waals surface area contributed by atoms with Crippen LogP contribution in [-0.2, 0) is 16.0 Å². The number of carbonyl (C=O) groups excluding carboxylic acids is 2. The van der Waals surface area contributed by atoms with E-state index < -0.39 is 12.1 Å². The van der Waals surface area contributed by atoms with Gasteiger partial charge in [-0.25, -0.2) is 4.79 Å².